The SMILES string of the molecule is CC/C=C\C/C=C\C/C=C\C/C=C\CCCCCC(=O)OCC(COC(=O)CCCCCCCCC/C=C\CCCCCCCCCC)OC(=O)CCCCCCCCC/C=C\CCCCCCCC. The van der Waals surface area contributed by atoms with E-state index in [1.165, 1.54) is 167 Å². The second-order valence-corrected chi connectivity index (χ2v) is 19.9. The van der Waals surface area contributed by atoms with Crippen molar-refractivity contribution in [1.29, 1.82) is 0 Å². The molecule has 0 aromatic carbocycles. The molecule has 0 saturated carbocycles. The molecule has 0 radical (unpaired) electrons. The summed E-state index contributed by atoms with van der Waals surface area (Å²) in [4.78, 5) is 38.2. The standard InChI is InChI=1S/C64H112O6/c1-4-7-10-13-16-19-22-25-28-31-32-34-36-39-42-45-48-51-54-57-63(66)69-60-61(59-68-62(65)56-53-50-47-44-41-38-35-30-27-24-21-18-15-12-9-6-3)70-64(67)58-55-52-49-46-43-40-37-33-29-26-23-20-17-14-11-8-5-2/h9,12,18,21,26-27,29-32,38,41,61H,4-8,10-11,13-17,19-20,22-25,28,33-37,39-40,42-60H2,1-3H3/b12-9-,21-18-,29-26-,30-27-,32-31-,41-38-. The molecule has 0 heterocycles. The summed E-state index contributed by atoms with van der Waals surface area (Å²) >= 11 is 0. The number of ether oxygens (including phenoxy) is 3. The van der Waals surface area contributed by atoms with E-state index in [4.69, 9.17) is 14.2 Å². The van der Waals surface area contributed by atoms with Crippen molar-refractivity contribution in [3.8, 4) is 0 Å². The highest BCUT2D eigenvalue weighted by molar-refractivity contribution is 5.71. The minimum Gasteiger partial charge on any atom is -0.462 e. The molecule has 0 aromatic rings. The molecule has 0 N–H and O–H groups in total. The Kier molecular flexibility index (Phi) is 55.8. The van der Waals surface area contributed by atoms with Gasteiger partial charge in [-0.05, 0) is 109 Å². The van der Waals surface area contributed by atoms with E-state index in [-0.39, 0.29) is 31.1 Å². The number of allylic oxidation sites excluding steroid dienone is 12. The molecule has 6 heteroatoms. The summed E-state index contributed by atoms with van der Waals surface area (Å²) in [5, 5.41) is 0. The normalized spacial score (nSPS) is 12.6. The Balaban J connectivity index is 4.42. The van der Waals surface area contributed by atoms with E-state index in [0.29, 0.717) is 19.3 Å². The van der Waals surface area contributed by atoms with Gasteiger partial charge in [0.05, 0.1) is 0 Å². The van der Waals surface area contributed by atoms with Crippen LogP contribution in [0.1, 0.15) is 297 Å². The first-order valence-electron chi connectivity index (χ1n) is 29.9. The topological polar surface area (TPSA) is 78.9 Å². The number of hydrogen-bond acceptors (Lipinski definition) is 6. The lowest BCUT2D eigenvalue weighted by atomic mass is 10.1. The zero-order chi connectivity index (χ0) is 50.7. The molecule has 0 aliphatic heterocycles. The van der Waals surface area contributed by atoms with Crippen molar-refractivity contribution in [3.05, 3.63) is 72.9 Å². The fourth-order valence-corrected chi connectivity index (χ4v) is 8.42. The summed E-state index contributed by atoms with van der Waals surface area (Å²) in [6.07, 6.45) is 74.7. The van der Waals surface area contributed by atoms with Gasteiger partial charge in [-0.3, -0.25) is 14.4 Å². The highest BCUT2D eigenvalue weighted by Gasteiger charge is 2.19. The molecule has 0 bridgehead atoms. The van der Waals surface area contributed by atoms with Gasteiger partial charge in [-0.15, -0.1) is 0 Å². The van der Waals surface area contributed by atoms with Crippen LogP contribution in [0.25, 0.3) is 0 Å². The molecule has 6 nitrogen and oxygen atoms in total. The van der Waals surface area contributed by atoms with Crippen molar-refractivity contribution < 1.29 is 28.6 Å². The summed E-state index contributed by atoms with van der Waals surface area (Å²) in [5.41, 5.74) is 0. The Morgan fingerprint density at radius 3 is 0.900 bits per heavy atom. The summed E-state index contributed by atoms with van der Waals surface area (Å²) < 4.78 is 16.9. The van der Waals surface area contributed by atoms with E-state index in [1.54, 1.807) is 0 Å². The van der Waals surface area contributed by atoms with Gasteiger partial charge in [-0.25, -0.2) is 0 Å². The fraction of sp³-hybridized carbons (Fsp3) is 0.766. The van der Waals surface area contributed by atoms with Gasteiger partial charge in [0.25, 0.3) is 0 Å². The largest absolute Gasteiger partial charge is 0.462 e. The van der Waals surface area contributed by atoms with Crippen molar-refractivity contribution >= 4 is 17.9 Å². The molecular weight excluding hydrogens is 865 g/mol. The summed E-state index contributed by atoms with van der Waals surface area (Å²) in [5.74, 6) is -0.919. The lowest BCUT2D eigenvalue weighted by molar-refractivity contribution is -0.167. The van der Waals surface area contributed by atoms with E-state index in [0.717, 1.165) is 89.9 Å². The molecule has 0 rings (SSSR count). The van der Waals surface area contributed by atoms with Gasteiger partial charge in [0.2, 0.25) is 0 Å². The number of carbonyl (C=O) groups is 3. The average molecular weight is 978 g/mol. The third-order valence-electron chi connectivity index (χ3n) is 12.9. The van der Waals surface area contributed by atoms with E-state index in [9.17, 15) is 14.4 Å². The van der Waals surface area contributed by atoms with Gasteiger partial charge in [-0.1, -0.05) is 241 Å². The minimum absolute atomic E-state index is 0.0888. The van der Waals surface area contributed by atoms with E-state index < -0.39 is 6.10 Å². The van der Waals surface area contributed by atoms with Crippen molar-refractivity contribution in [3.63, 3.8) is 0 Å². The maximum Gasteiger partial charge on any atom is 0.306 e. The molecule has 70 heavy (non-hydrogen) atoms. The van der Waals surface area contributed by atoms with Gasteiger partial charge in [0, 0.05) is 19.3 Å². The quantitative estimate of drug-likeness (QED) is 0.0261. The number of unbranched alkanes of at least 4 members (excludes halogenated alkanes) is 31. The summed E-state index contributed by atoms with van der Waals surface area (Å²) in [7, 11) is 0. The smallest absolute Gasteiger partial charge is 0.306 e. The van der Waals surface area contributed by atoms with E-state index in [1.807, 2.05) is 0 Å². The molecule has 0 saturated heterocycles. The Labute approximate surface area is 433 Å². The molecule has 0 aliphatic rings. The molecule has 0 aromatic heterocycles. The van der Waals surface area contributed by atoms with Gasteiger partial charge >= 0.3 is 17.9 Å². The summed E-state index contributed by atoms with van der Waals surface area (Å²) in [6, 6.07) is 0. The number of esters is 3. The van der Waals surface area contributed by atoms with E-state index >= 15 is 0 Å². The Hall–Kier alpha value is -3.15. The predicted molar refractivity (Wildman–Crippen MR) is 302 cm³/mol. The first-order chi connectivity index (χ1) is 34.5. The van der Waals surface area contributed by atoms with Gasteiger partial charge in [0.15, 0.2) is 6.10 Å². The molecule has 0 aliphatic carbocycles. The van der Waals surface area contributed by atoms with Crippen LogP contribution in [0.4, 0.5) is 0 Å². The zero-order valence-electron chi connectivity index (χ0n) is 46.3. The molecular formula is C64H112O6. The molecule has 1 unspecified atom stereocenters. The first-order valence-corrected chi connectivity index (χ1v) is 29.9. The van der Waals surface area contributed by atoms with Crippen LogP contribution >= 0.6 is 0 Å². The number of hydrogen-bond donors (Lipinski definition) is 0. The second kappa shape index (κ2) is 58.4. The monoisotopic (exact) mass is 977 g/mol. The Bertz CT molecular complexity index is 1310. The molecule has 0 spiro atoms. The number of rotatable bonds is 54. The van der Waals surface area contributed by atoms with Gasteiger partial charge in [0.1, 0.15) is 13.2 Å². The van der Waals surface area contributed by atoms with Crippen LogP contribution in [0.15, 0.2) is 72.9 Å². The fourth-order valence-electron chi connectivity index (χ4n) is 8.42. The Morgan fingerprint density at radius 2 is 0.557 bits per heavy atom. The minimum atomic E-state index is -0.793. The lowest BCUT2D eigenvalue weighted by Crippen LogP contribution is -2.30. The average Bonchev–Trinajstić information content (AvgIpc) is 3.36. The molecule has 1 atom stereocenters. The summed E-state index contributed by atoms with van der Waals surface area (Å²) in [6.45, 7) is 6.51. The third kappa shape index (κ3) is 55.8. The van der Waals surface area contributed by atoms with Crippen LogP contribution in [0.5, 0.6) is 0 Å². The van der Waals surface area contributed by atoms with Crippen molar-refractivity contribution in [2.45, 2.75) is 303 Å². The van der Waals surface area contributed by atoms with Crippen LogP contribution in [0.3, 0.4) is 0 Å². The van der Waals surface area contributed by atoms with Crippen molar-refractivity contribution in [1.82, 2.24) is 0 Å². The maximum atomic E-state index is 12.9. The lowest BCUT2D eigenvalue weighted by Gasteiger charge is -2.18. The zero-order valence-corrected chi connectivity index (χ0v) is 46.3. The maximum absolute atomic E-state index is 12.9. The molecule has 404 valence electrons. The van der Waals surface area contributed by atoms with Crippen LogP contribution in [0.2, 0.25) is 0 Å². The highest BCUT2D eigenvalue weighted by Crippen LogP contribution is 2.15. The van der Waals surface area contributed by atoms with E-state index in [2.05, 4.69) is 93.7 Å². The van der Waals surface area contributed by atoms with Gasteiger partial charge in [-0.2, -0.15) is 0 Å². The van der Waals surface area contributed by atoms with Crippen molar-refractivity contribution in [2.24, 2.45) is 0 Å². The molecule has 0 fully saturated rings. The molecule has 0 amide bonds. The second-order valence-electron chi connectivity index (χ2n) is 19.9. The van der Waals surface area contributed by atoms with Crippen molar-refractivity contribution in [2.75, 3.05) is 13.2 Å². The predicted octanol–water partition coefficient (Wildman–Crippen LogP) is 20.2. The van der Waals surface area contributed by atoms with Gasteiger partial charge < -0.3 is 14.2 Å². The highest BCUT2D eigenvalue weighted by atomic mass is 16.6. The van der Waals surface area contributed by atoms with Crippen LogP contribution in [-0.2, 0) is 28.6 Å². The van der Waals surface area contributed by atoms with Crippen LogP contribution in [0, 0.1) is 0 Å². The first kappa shape index (κ1) is 66.9. The van der Waals surface area contributed by atoms with Crippen LogP contribution < -0.4 is 0 Å². The Morgan fingerprint density at radius 1 is 0.300 bits per heavy atom. The van der Waals surface area contributed by atoms with Crippen LogP contribution in [-0.4, -0.2) is 37.2 Å². The number of carbonyl (C=O) groups excluding carboxylic acids is 3. The third-order valence-corrected chi connectivity index (χ3v) is 12.9.